The Kier molecular flexibility index (Phi) is 5.46. The van der Waals surface area contributed by atoms with Gasteiger partial charge in [0.25, 0.3) is 0 Å². The van der Waals surface area contributed by atoms with Gasteiger partial charge in [0.15, 0.2) is 5.16 Å². The van der Waals surface area contributed by atoms with E-state index in [1.54, 1.807) is 6.07 Å². The Morgan fingerprint density at radius 3 is 2.88 bits per heavy atom. The fraction of sp³-hybridized carbons (Fsp3) is 0.471. The number of nitrogens with zero attached hydrogens (tertiary/aromatic N) is 3. The standard InChI is InChI=1S/C17H21ClN4OS/c1-11-7-8-13(18)9-14(11)19-15(23)10-24-17-21-20-16(22(17)2)12-5-3-4-6-12/h7-9,12H,3-6,10H2,1-2H3,(H,19,23). The Labute approximate surface area is 151 Å². The van der Waals surface area contributed by atoms with Crippen LogP contribution in [0.3, 0.4) is 0 Å². The zero-order valence-electron chi connectivity index (χ0n) is 13.9. The van der Waals surface area contributed by atoms with Crippen molar-refractivity contribution in [1.29, 1.82) is 0 Å². The van der Waals surface area contributed by atoms with Crippen LogP contribution in [0.1, 0.15) is 43.0 Å². The molecule has 0 saturated heterocycles. The third-order valence-corrected chi connectivity index (χ3v) is 5.65. The molecular weight excluding hydrogens is 344 g/mol. The number of benzene rings is 1. The van der Waals surface area contributed by atoms with Gasteiger partial charge in [0, 0.05) is 23.7 Å². The molecule has 1 heterocycles. The summed E-state index contributed by atoms with van der Waals surface area (Å²) in [6.45, 7) is 1.94. The maximum atomic E-state index is 12.2. The van der Waals surface area contributed by atoms with Gasteiger partial charge in [0.1, 0.15) is 5.82 Å². The Hall–Kier alpha value is -1.53. The molecule has 1 aliphatic rings. The molecule has 2 aromatic rings. The number of halogens is 1. The molecular formula is C17H21ClN4OS. The maximum absolute atomic E-state index is 12.2. The molecule has 0 radical (unpaired) electrons. The van der Waals surface area contributed by atoms with Crippen molar-refractivity contribution in [1.82, 2.24) is 14.8 Å². The number of thioether (sulfide) groups is 1. The zero-order valence-corrected chi connectivity index (χ0v) is 15.5. The van der Waals surface area contributed by atoms with Crippen LogP contribution in [0.15, 0.2) is 23.4 Å². The van der Waals surface area contributed by atoms with Gasteiger partial charge in [-0.25, -0.2) is 0 Å². The van der Waals surface area contributed by atoms with Gasteiger partial charge < -0.3 is 9.88 Å². The lowest BCUT2D eigenvalue weighted by atomic mass is 10.1. The number of amides is 1. The monoisotopic (exact) mass is 364 g/mol. The number of nitrogens with one attached hydrogen (secondary N) is 1. The molecule has 1 saturated carbocycles. The molecule has 1 aliphatic carbocycles. The van der Waals surface area contributed by atoms with E-state index in [-0.39, 0.29) is 5.91 Å². The number of hydrogen-bond donors (Lipinski definition) is 1. The summed E-state index contributed by atoms with van der Waals surface area (Å²) in [6.07, 6.45) is 4.90. The molecule has 24 heavy (non-hydrogen) atoms. The second kappa shape index (κ2) is 7.57. The number of carbonyl (C=O) groups is 1. The molecule has 1 fully saturated rings. The minimum absolute atomic E-state index is 0.0733. The second-order valence-electron chi connectivity index (χ2n) is 6.18. The number of aromatic nitrogens is 3. The topological polar surface area (TPSA) is 59.8 Å². The molecule has 1 N–H and O–H groups in total. The average molecular weight is 365 g/mol. The number of anilines is 1. The first kappa shape index (κ1) is 17.3. The van der Waals surface area contributed by atoms with Crippen molar-refractivity contribution in [2.45, 2.75) is 43.7 Å². The van der Waals surface area contributed by atoms with Gasteiger partial charge in [-0.15, -0.1) is 10.2 Å². The van der Waals surface area contributed by atoms with E-state index < -0.39 is 0 Å². The van der Waals surface area contributed by atoms with Crippen molar-refractivity contribution in [3.63, 3.8) is 0 Å². The lowest BCUT2D eigenvalue weighted by molar-refractivity contribution is -0.113. The molecule has 128 valence electrons. The summed E-state index contributed by atoms with van der Waals surface area (Å²) >= 11 is 7.39. The number of aryl methyl sites for hydroxylation is 1. The Morgan fingerprint density at radius 1 is 1.38 bits per heavy atom. The highest BCUT2D eigenvalue weighted by atomic mass is 35.5. The van der Waals surface area contributed by atoms with Gasteiger partial charge in [-0.2, -0.15) is 0 Å². The summed E-state index contributed by atoms with van der Waals surface area (Å²) < 4.78 is 2.03. The highest BCUT2D eigenvalue weighted by Gasteiger charge is 2.23. The lowest BCUT2D eigenvalue weighted by Gasteiger charge is -2.10. The minimum Gasteiger partial charge on any atom is -0.325 e. The highest BCUT2D eigenvalue weighted by molar-refractivity contribution is 7.99. The Morgan fingerprint density at radius 2 is 2.12 bits per heavy atom. The molecule has 3 rings (SSSR count). The van der Waals surface area contributed by atoms with Crippen molar-refractivity contribution in [3.8, 4) is 0 Å². The number of carbonyl (C=O) groups excluding carboxylic acids is 1. The van der Waals surface area contributed by atoms with E-state index in [9.17, 15) is 4.79 Å². The van der Waals surface area contributed by atoms with Crippen LogP contribution < -0.4 is 5.32 Å². The summed E-state index contributed by atoms with van der Waals surface area (Å²) in [6, 6.07) is 5.47. The van der Waals surface area contributed by atoms with Crippen LogP contribution in [0.25, 0.3) is 0 Å². The molecule has 1 amide bonds. The van der Waals surface area contributed by atoms with Crippen LogP contribution in [0.2, 0.25) is 5.02 Å². The predicted molar refractivity (Wildman–Crippen MR) is 97.8 cm³/mol. The zero-order chi connectivity index (χ0) is 17.1. The molecule has 0 aliphatic heterocycles. The van der Waals surface area contributed by atoms with Gasteiger partial charge in [0.05, 0.1) is 5.75 Å². The van der Waals surface area contributed by atoms with Crippen molar-refractivity contribution in [3.05, 3.63) is 34.6 Å². The quantitative estimate of drug-likeness (QED) is 0.809. The first-order valence-electron chi connectivity index (χ1n) is 8.12. The average Bonchev–Trinajstić information content (AvgIpc) is 3.18. The number of rotatable bonds is 5. The van der Waals surface area contributed by atoms with E-state index >= 15 is 0 Å². The normalized spacial score (nSPS) is 15.0. The second-order valence-corrected chi connectivity index (χ2v) is 7.56. The maximum Gasteiger partial charge on any atom is 0.234 e. The van der Waals surface area contributed by atoms with Crippen LogP contribution in [0, 0.1) is 6.92 Å². The van der Waals surface area contributed by atoms with Gasteiger partial charge in [-0.3, -0.25) is 4.79 Å². The molecule has 0 unspecified atom stereocenters. The summed E-state index contributed by atoms with van der Waals surface area (Å²) in [5, 5.41) is 12.9. The fourth-order valence-electron chi connectivity index (χ4n) is 3.04. The van der Waals surface area contributed by atoms with E-state index in [2.05, 4.69) is 15.5 Å². The predicted octanol–water partition coefficient (Wildman–Crippen LogP) is 4.17. The fourth-order valence-corrected chi connectivity index (χ4v) is 3.93. The van der Waals surface area contributed by atoms with Crippen molar-refractivity contribution in [2.75, 3.05) is 11.1 Å². The third-order valence-electron chi connectivity index (χ3n) is 4.39. The van der Waals surface area contributed by atoms with E-state index in [1.807, 2.05) is 30.7 Å². The van der Waals surface area contributed by atoms with Crippen molar-refractivity contribution < 1.29 is 4.79 Å². The molecule has 5 nitrogen and oxygen atoms in total. The minimum atomic E-state index is -0.0733. The van der Waals surface area contributed by atoms with Crippen LogP contribution in [-0.4, -0.2) is 26.4 Å². The van der Waals surface area contributed by atoms with E-state index in [1.165, 1.54) is 37.4 Å². The van der Waals surface area contributed by atoms with Gasteiger partial charge >= 0.3 is 0 Å². The summed E-state index contributed by atoms with van der Waals surface area (Å²) in [7, 11) is 1.98. The lowest BCUT2D eigenvalue weighted by Crippen LogP contribution is -2.15. The van der Waals surface area contributed by atoms with E-state index in [0.29, 0.717) is 16.7 Å². The van der Waals surface area contributed by atoms with Gasteiger partial charge in [0.2, 0.25) is 5.91 Å². The van der Waals surface area contributed by atoms with Crippen LogP contribution in [-0.2, 0) is 11.8 Å². The van der Waals surface area contributed by atoms with Crippen molar-refractivity contribution >= 4 is 35.0 Å². The van der Waals surface area contributed by atoms with Crippen LogP contribution in [0.4, 0.5) is 5.69 Å². The first-order chi connectivity index (χ1) is 11.5. The summed E-state index contributed by atoms with van der Waals surface area (Å²) in [4.78, 5) is 12.2. The van der Waals surface area contributed by atoms with Crippen molar-refractivity contribution in [2.24, 2.45) is 7.05 Å². The molecule has 1 aromatic heterocycles. The van der Waals surface area contributed by atoms with Crippen LogP contribution >= 0.6 is 23.4 Å². The summed E-state index contributed by atoms with van der Waals surface area (Å²) in [5.74, 6) is 1.78. The van der Waals surface area contributed by atoms with E-state index in [4.69, 9.17) is 11.6 Å². The largest absolute Gasteiger partial charge is 0.325 e. The molecule has 0 bridgehead atoms. The molecule has 0 spiro atoms. The molecule has 1 aromatic carbocycles. The SMILES string of the molecule is Cc1ccc(Cl)cc1NC(=O)CSc1nnc(C2CCCC2)n1C. The van der Waals surface area contributed by atoms with Gasteiger partial charge in [-0.1, -0.05) is 42.3 Å². The third kappa shape index (κ3) is 3.92. The summed E-state index contributed by atoms with van der Waals surface area (Å²) in [5.41, 5.74) is 1.73. The Bertz CT molecular complexity index is 740. The van der Waals surface area contributed by atoms with E-state index in [0.717, 1.165) is 22.2 Å². The first-order valence-corrected chi connectivity index (χ1v) is 9.49. The molecule has 7 heteroatoms. The smallest absolute Gasteiger partial charge is 0.234 e. The Balaban J connectivity index is 1.59. The molecule has 0 atom stereocenters. The number of hydrogen-bond acceptors (Lipinski definition) is 4. The van der Waals surface area contributed by atoms with Gasteiger partial charge in [-0.05, 0) is 37.5 Å². The highest BCUT2D eigenvalue weighted by Crippen LogP contribution is 2.34. The van der Waals surface area contributed by atoms with Crippen LogP contribution in [0.5, 0.6) is 0 Å².